The summed E-state index contributed by atoms with van der Waals surface area (Å²) in [6.07, 6.45) is 4.75. The highest BCUT2D eigenvalue weighted by Gasteiger charge is 2.13. The fourth-order valence-corrected chi connectivity index (χ4v) is 1.14. The molecular weight excluding hydrogens is 136 g/mol. The van der Waals surface area contributed by atoms with Crippen LogP contribution in [0.3, 0.4) is 0 Å². The first-order valence-corrected chi connectivity index (χ1v) is 4.01. The average Bonchev–Trinajstić information content (AvgIpc) is 2.12. The van der Waals surface area contributed by atoms with Gasteiger partial charge in [-0.25, -0.2) is 0 Å². The number of hydrogen-bond acceptors (Lipinski definition) is 1. The van der Waals surface area contributed by atoms with Gasteiger partial charge in [0, 0.05) is 0 Å². The van der Waals surface area contributed by atoms with E-state index in [4.69, 9.17) is 4.42 Å². The smallest absolute Gasteiger partial charge is 0.0937 e. The Bertz CT molecular complexity index is 227. The van der Waals surface area contributed by atoms with Crippen molar-refractivity contribution in [3.8, 4) is 0 Å². The van der Waals surface area contributed by atoms with Crippen LogP contribution in [0.4, 0.5) is 0 Å². The van der Waals surface area contributed by atoms with Gasteiger partial charge in [-0.05, 0) is 29.9 Å². The summed E-state index contributed by atoms with van der Waals surface area (Å²) >= 11 is 0. The molecule has 11 heavy (non-hydrogen) atoms. The van der Waals surface area contributed by atoms with Gasteiger partial charge in [-0.3, -0.25) is 0 Å². The molecule has 0 radical (unpaired) electrons. The third kappa shape index (κ3) is 2.41. The molecule has 0 fully saturated rings. The zero-order valence-corrected chi connectivity index (χ0v) is 7.77. The fraction of sp³-hybridized carbons (Fsp3) is 0.600. The maximum atomic E-state index is 5.09. The van der Waals surface area contributed by atoms with E-state index in [0.29, 0.717) is 5.41 Å². The van der Waals surface area contributed by atoms with Crippen LogP contribution in [-0.2, 0) is 6.42 Å². The molecule has 1 rings (SSSR count). The summed E-state index contributed by atoms with van der Waals surface area (Å²) < 4.78 is 5.09. The highest BCUT2D eigenvalue weighted by atomic mass is 16.3. The van der Waals surface area contributed by atoms with Crippen molar-refractivity contribution < 1.29 is 4.42 Å². The van der Waals surface area contributed by atoms with E-state index >= 15 is 0 Å². The predicted octanol–water partition coefficient (Wildman–Crippen LogP) is 3.18. The Balaban J connectivity index is 2.72. The van der Waals surface area contributed by atoms with E-state index in [1.165, 1.54) is 11.1 Å². The summed E-state index contributed by atoms with van der Waals surface area (Å²) in [6.45, 7) is 8.79. The molecule has 0 unspecified atom stereocenters. The summed E-state index contributed by atoms with van der Waals surface area (Å²) in [5.74, 6) is 0. The van der Waals surface area contributed by atoms with Crippen LogP contribution < -0.4 is 0 Å². The molecule has 0 aliphatic carbocycles. The van der Waals surface area contributed by atoms with Crippen molar-refractivity contribution in [2.45, 2.75) is 34.1 Å². The molecule has 1 aromatic heterocycles. The molecular formula is C10H16O. The highest BCUT2D eigenvalue weighted by Crippen LogP contribution is 2.22. The minimum absolute atomic E-state index is 0.356. The lowest BCUT2D eigenvalue weighted by atomic mass is 9.88. The van der Waals surface area contributed by atoms with Crippen molar-refractivity contribution in [2.75, 3.05) is 0 Å². The topological polar surface area (TPSA) is 13.1 Å². The van der Waals surface area contributed by atoms with Crippen molar-refractivity contribution in [1.82, 2.24) is 0 Å². The van der Waals surface area contributed by atoms with Gasteiger partial charge in [-0.2, -0.15) is 0 Å². The first-order chi connectivity index (χ1) is 4.99. The summed E-state index contributed by atoms with van der Waals surface area (Å²) in [5, 5.41) is 0. The summed E-state index contributed by atoms with van der Waals surface area (Å²) in [6, 6.07) is 0. The van der Waals surface area contributed by atoms with Gasteiger partial charge in [-0.15, -0.1) is 0 Å². The zero-order valence-electron chi connectivity index (χ0n) is 7.77. The first kappa shape index (κ1) is 8.38. The van der Waals surface area contributed by atoms with Gasteiger partial charge >= 0.3 is 0 Å². The van der Waals surface area contributed by atoms with E-state index in [1.54, 1.807) is 6.26 Å². The van der Waals surface area contributed by atoms with Crippen LogP contribution >= 0.6 is 0 Å². The van der Waals surface area contributed by atoms with E-state index in [0.717, 1.165) is 6.42 Å². The van der Waals surface area contributed by atoms with Gasteiger partial charge in [0.1, 0.15) is 0 Å². The zero-order chi connectivity index (χ0) is 8.48. The molecule has 1 heterocycles. The fourth-order valence-electron chi connectivity index (χ4n) is 1.14. The van der Waals surface area contributed by atoms with Crippen molar-refractivity contribution >= 4 is 0 Å². The molecule has 1 aromatic rings. The molecule has 0 saturated heterocycles. The Morgan fingerprint density at radius 2 is 1.91 bits per heavy atom. The molecule has 1 heteroatoms. The van der Waals surface area contributed by atoms with Crippen molar-refractivity contribution in [2.24, 2.45) is 5.41 Å². The Hall–Kier alpha value is -0.720. The average molecular weight is 152 g/mol. The van der Waals surface area contributed by atoms with Crippen molar-refractivity contribution in [3.63, 3.8) is 0 Å². The van der Waals surface area contributed by atoms with Crippen LogP contribution in [-0.4, -0.2) is 0 Å². The van der Waals surface area contributed by atoms with Crippen molar-refractivity contribution in [3.05, 3.63) is 23.7 Å². The lowest BCUT2D eigenvalue weighted by molar-refractivity contribution is 0.408. The van der Waals surface area contributed by atoms with Crippen LogP contribution in [0, 0.1) is 12.3 Å². The molecule has 0 amide bonds. The van der Waals surface area contributed by atoms with Gasteiger partial charge in [0.2, 0.25) is 0 Å². The number of rotatable bonds is 1. The van der Waals surface area contributed by atoms with Gasteiger partial charge in [0.25, 0.3) is 0 Å². The Labute approximate surface area is 68.4 Å². The largest absolute Gasteiger partial charge is 0.472 e. The molecule has 0 atom stereocenters. The highest BCUT2D eigenvalue weighted by molar-refractivity contribution is 5.19. The second-order valence-electron chi connectivity index (χ2n) is 4.32. The molecule has 0 spiro atoms. The predicted molar refractivity (Wildman–Crippen MR) is 46.6 cm³/mol. The Morgan fingerprint density at radius 1 is 1.27 bits per heavy atom. The summed E-state index contributed by atoms with van der Waals surface area (Å²) in [7, 11) is 0. The third-order valence-corrected chi connectivity index (χ3v) is 1.68. The van der Waals surface area contributed by atoms with Crippen LogP contribution in [0.25, 0.3) is 0 Å². The SMILES string of the molecule is Cc1cocc1CC(C)(C)C. The van der Waals surface area contributed by atoms with Crippen molar-refractivity contribution in [1.29, 1.82) is 0 Å². The molecule has 0 saturated carbocycles. The number of furan rings is 1. The lowest BCUT2D eigenvalue weighted by Gasteiger charge is -2.16. The third-order valence-electron chi connectivity index (χ3n) is 1.68. The van der Waals surface area contributed by atoms with E-state index < -0.39 is 0 Å². The van der Waals surface area contributed by atoms with Crippen LogP contribution in [0.15, 0.2) is 16.9 Å². The van der Waals surface area contributed by atoms with Gasteiger partial charge in [-0.1, -0.05) is 20.8 Å². The first-order valence-electron chi connectivity index (χ1n) is 4.01. The normalized spacial score (nSPS) is 12.0. The van der Waals surface area contributed by atoms with E-state index in [-0.39, 0.29) is 0 Å². The molecule has 0 aromatic carbocycles. The molecule has 0 bridgehead atoms. The maximum absolute atomic E-state index is 5.09. The standard InChI is InChI=1S/C10H16O/c1-8-6-11-7-9(8)5-10(2,3)4/h6-7H,5H2,1-4H3. The number of aryl methyl sites for hydroxylation is 1. The second-order valence-corrected chi connectivity index (χ2v) is 4.32. The number of hydrogen-bond donors (Lipinski definition) is 0. The Morgan fingerprint density at radius 3 is 2.27 bits per heavy atom. The monoisotopic (exact) mass is 152 g/mol. The minimum Gasteiger partial charge on any atom is -0.472 e. The van der Waals surface area contributed by atoms with E-state index in [9.17, 15) is 0 Å². The lowest BCUT2D eigenvalue weighted by Crippen LogP contribution is -2.08. The van der Waals surface area contributed by atoms with Gasteiger partial charge in [0.15, 0.2) is 0 Å². The van der Waals surface area contributed by atoms with Gasteiger partial charge < -0.3 is 4.42 Å². The molecule has 0 aliphatic rings. The van der Waals surface area contributed by atoms with Crippen LogP contribution in [0.1, 0.15) is 31.9 Å². The molecule has 1 nitrogen and oxygen atoms in total. The van der Waals surface area contributed by atoms with Crippen LogP contribution in [0.5, 0.6) is 0 Å². The van der Waals surface area contributed by atoms with E-state index in [1.807, 2.05) is 6.26 Å². The quantitative estimate of drug-likeness (QED) is 0.602. The molecule has 0 aliphatic heterocycles. The van der Waals surface area contributed by atoms with Gasteiger partial charge in [0.05, 0.1) is 12.5 Å². The maximum Gasteiger partial charge on any atom is 0.0937 e. The summed E-state index contributed by atoms with van der Waals surface area (Å²) in [5.41, 5.74) is 2.95. The molecule has 0 N–H and O–H groups in total. The second kappa shape index (κ2) is 2.72. The Kier molecular flexibility index (Phi) is 2.08. The summed E-state index contributed by atoms with van der Waals surface area (Å²) in [4.78, 5) is 0. The van der Waals surface area contributed by atoms with E-state index in [2.05, 4.69) is 27.7 Å². The van der Waals surface area contributed by atoms with Crippen LogP contribution in [0.2, 0.25) is 0 Å². The molecule has 62 valence electrons. The minimum atomic E-state index is 0.356.